The summed E-state index contributed by atoms with van der Waals surface area (Å²) >= 11 is 1.37. The molecule has 3 heterocycles. The van der Waals surface area contributed by atoms with Crippen molar-refractivity contribution in [2.24, 2.45) is 0 Å². The summed E-state index contributed by atoms with van der Waals surface area (Å²) in [7, 11) is 0. The number of rotatable bonds is 6. The summed E-state index contributed by atoms with van der Waals surface area (Å²) < 4.78 is 1.86. The minimum atomic E-state index is -0.354. The maximum absolute atomic E-state index is 11.4. The summed E-state index contributed by atoms with van der Waals surface area (Å²) in [5.41, 5.74) is 2.66. The zero-order valence-corrected chi connectivity index (χ0v) is 14.0. The highest BCUT2D eigenvalue weighted by atomic mass is 32.2. The van der Waals surface area contributed by atoms with Crippen molar-refractivity contribution in [3.63, 3.8) is 0 Å². The average molecular weight is 357 g/mol. The highest BCUT2D eigenvalue weighted by Crippen LogP contribution is 2.50. The second kappa shape index (κ2) is 6.43. The van der Waals surface area contributed by atoms with E-state index >= 15 is 0 Å². The second-order valence-corrected chi connectivity index (χ2v) is 6.64. The summed E-state index contributed by atoms with van der Waals surface area (Å²) in [5.74, 6) is 0. The Morgan fingerprint density at radius 3 is 3.00 bits per heavy atom. The number of aromatic nitrogens is 3. The van der Waals surface area contributed by atoms with E-state index in [1.807, 2.05) is 10.7 Å². The molecule has 128 valence electrons. The highest BCUT2D eigenvalue weighted by molar-refractivity contribution is 8.00. The van der Waals surface area contributed by atoms with Gasteiger partial charge in [-0.2, -0.15) is 5.10 Å². The van der Waals surface area contributed by atoms with Crippen LogP contribution in [0.3, 0.4) is 0 Å². The minimum Gasteiger partial charge on any atom is -0.395 e. The number of nitro benzene ring substituents is 1. The number of aliphatic hydroxyl groups is 1. The molecule has 0 amide bonds. The maximum atomic E-state index is 11.4. The van der Waals surface area contributed by atoms with Crippen molar-refractivity contribution in [3.05, 3.63) is 40.7 Å². The summed E-state index contributed by atoms with van der Waals surface area (Å²) in [4.78, 5) is 16.7. The predicted molar refractivity (Wildman–Crippen MR) is 93.7 cm³/mol. The van der Waals surface area contributed by atoms with E-state index in [1.54, 1.807) is 18.5 Å². The van der Waals surface area contributed by atoms with Gasteiger partial charge in [0.1, 0.15) is 10.6 Å². The molecule has 0 fully saturated rings. The van der Waals surface area contributed by atoms with Crippen LogP contribution in [0.1, 0.15) is 0 Å². The zero-order valence-electron chi connectivity index (χ0n) is 13.2. The van der Waals surface area contributed by atoms with Crippen LogP contribution in [-0.4, -0.2) is 44.5 Å². The van der Waals surface area contributed by atoms with E-state index in [2.05, 4.69) is 10.3 Å². The minimum absolute atomic E-state index is 0.0818. The SMILES string of the molecule is O=[N+]([O-])c1ccc2c3c(nn2CCNCCO)-c2ccncc2Sc13. The lowest BCUT2D eigenvalue weighted by atomic mass is 10.1. The Bertz CT molecular complexity index is 972. The Kier molecular flexibility index (Phi) is 4.12. The quantitative estimate of drug-likeness (QED) is 0.309. The monoisotopic (exact) mass is 357 g/mol. The number of fused-ring (bicyclic) bond motifs is 2. The lowest BCUT2D eigenvalue weighted by Gasteiger charge is -2.14. The van der Waals surface area contributed by atoms with Crippen LogP contribution in [0.2, 0.25) is 0 Å². The molecule has 1 aliphatic rings. The van der Waals surface area contributed by atoms with Gasteiger partial charge in [-0.25, -0.2) is 0 Å². The fraction of sp³-hybridized carbons (Fsp3) is 0.250. The third-order valence-corrected chi connectivity index (χ3v) is 5.25. The van der Waals surface area contributed by atoms with Crippen LogP contribution in [0.15, 0.2) is 40.4 Å². The molecule has 0 unspecified atom stereocenters. The molecule has 8 nitrogen and oxygen atoms in total. The summed E-state index contributed by atoms with van der Waals surface area (Å²) in [5, 5.41) is 28.9. The molecule has 25 heavy (non-hydrogen) atoms. The first kappa shape index (κ1) is 16.0. The summed E-state index contributed by atoms with van der Waals surface area (Å²) in [6, 6.07) is 5.18. The molecule has 0 aliphatic carbocycles. The van der Waals surface area contributed by atoms with Crippen LogP contribution in [0, 0.1) is 10.1 Å². The van der Waals surface area contributed by atoms with Crippen molar-refractivity contribution in [2.75, 3.05) is 19.7 Å². The van der Waals surface area contributed by atoms with Crippen molar-refractivity contribution in [1.29, 1.82) is 0 Å². The molecule has 3 aromatic rings. The van der Waals surface area contributed by atoms with Gasteiger partial charge in [0, 0.05) is 47.4 Å². The van der Waals surface area contributed by atoms with E-state index < -0.39 is 0 Å². The van der Waals surface area contributed by atoms with Crippen LogP contribution < -0.4 is 5.32 Å². The van der Waals surface area contributed by atoms with Crippen LogP contribution in [0.5, 0.6) is 0 Å². The van der Waals surface area contributed by atoms with Gasteiger partial charge in [0.05, 0.1) is 23.6 Å². The fourth-order valence-corrected chi connectivity index (χ4v) is 4.15. The molecule has 0 radical (unpaired) electrons. The first-order chi connectivity index (χ1) is 12.2. The number of pyridine rings is 1. The number of nitrogens with one attached hydrogen (secondary N) is 1. The molecule has 9 heteroatoms. The van der Waals surface area contributed by atoms with E-state index in [0.717, 1.165) is 27.1 Å². The van der Waals surface area contributed by atoms with E-state index in [-0.39, 0.29) is 17.2 Å². The van der Waals surface area contributed by atoms with Crippen molar-refractivity contribution in [1.82, 2.24) is 20.1 Å². The number of aliphatic hydroxyl groups excluding tert-OH is 1. The normalized spacial score (nSPS) is 12.4. The number of benzene rings is 1. The Hall–Kier alpha value is -2.49. The zero-order chi connectivity index (χ0) is 17.4. The molecule has 0 saturated carbocycles. The molecule has 0 atom stereocenters. The van der Waals surface area contributed by atoms with Gasteiger partial charge in [-0.1, -0.05) is 11.8 Å². The first-order valence-electron chi connectivity index (χ1n) is 7.82. The average Bonchev–Trinajstić information content (AvgIpc) is 2.99. The van der Waals surface area contributed by atoms with Crippen molar-refractivity contribution >= 4 is 28.4 Å². The third kappa shape index (κ3) is 2.66. The highest BCUT2D eigenvalue weighted by Gasteiger charge is 2.29. The van der Waals surface area contributed by atoms with Gasteiger partial charge in [-0.3, -0.25) is 19.8 Å². The summed E-state index contributed by atoms with van der Waals surface area (Å²) in [6.45, 7) is 1.86. The predicted octanol–water partition coefficient (Wildman–Crippen LogP) is 2.05. The number of nitro groups is 1. The molecule has 1 aromatic carbocycles. The van der Waals surface area contributed by atoms with Crippen molar-refractivity contribution in [2.45, 2.75) is 16.3 Å². The lowest BCUT2D eigenvalue weighted by molar-refractivity contribution is -0.387. The molecule has 1 aliphatic heterocycles. The van der Waals surface area contributed by atoms with Gasteiger partial charge < -0.3 is 10.4 Å². The first-order valence-corrected chi connectivity index (χ1v) is 8.64. The molecule has 2 N–H and O–H groups in total. The van der Waals surface area contributed by atoms with Crippen LogP contribution in [0.25, 0.3) is 22.2 Å². The molecule has 0 saturated heterocycles. The van der Waals surface area contributed by atoms with Gasteiger partial charge in [-0.15, -0.1) is 0 Å². The molecule has 2 aromatic heterocycles. The lowest BCUT2D eigenvalue weighted by Crippen LogP contribution is -2.23. The fourth-order valence-electron chi connectivity index (χ4n) is 2.99. The molecule has 0 bridgehead atoms. The van der Waals surface area contributed by atoms with Gasteiger partial charge in [0.2, 0.25) is 0 Å². The Labute approximate surface area is 147 Å². The Morgan fingerprint density at radius 1 is 1.32 bits per heavy atom. The number of nitrogens with zero attached hydrogens (tertiary/aromatic N) is 4. The van der Waals surface area contributed by atoms with Crippen LogP contribution in [0.4, 0.5) is 5.69 Å². The Balaban J connectivity index is 1.87. The smallest absolute Gasteiger partial charge is 0.284 e. The molecular weight excluding hydrogens is 342 g/mol. The van der Waals surface area contributed by atoms with Gasteiger partial charge in [0.25, 0.3) is 5.69 Å². The molecule has 4 rings (SSSR count). The van der Waals surface area contributed by atoms with E-state index in [9.17, 15) is 10.1 Å². The van der Waals surface area contributed by atoms with E-state index in [1.165, 1.54) is 17.8 Å². The standard InChI is InChI=1S/C16H15N5O3S/c22-8-6-17-5-7-20-11-1-2-12(21(23)24)16-14(11)15(19-20)10-3-4-18-9-13(10)25-16/h1-4,9,17,22H,5-8H2. The van der Waals surface area contributed by atoms with E-state index in [4.69, 9.17) is 10.2 Å². The van der Waals surface area contributed by atoms with Crippen molar-refractivity contribution in [3.8, 4) is 11.3 Å². The largest absolute Gasteiger partial charge is 0.395 e. The maximum Gasteiger partial charge on any atom is 0.284 e. The Morgan fingerprint density at radius 2 is 2.20 bits per heavy atom. The van der Waals surface area contributed by atoms with Gasteiger partial charge in [-0.05, 0) is 12.1 Å². The van der Waals surface area contributed by atoms with Gasteiger partial charge in [0.15, 0.2) is 0 Å². The van der Waals surface area contributed by atoms with Crippen LogP contribution >= 0.6 is 11.8 Å². The third-order valence-electron chi connectivity index (χ3n) is 4.09. The van der Waals surface area contributed by atoms with Gasteiger partial charge >= 0.3 is 0 Å². The second-order valence-electron chi connectivity index (χ2n) is 5.58. The molecular formula is C16H15N5O3S. The van der Waals surface area contributed by atoms with Crippen LogP contribution in [-0.2, 0) is 6.54 Å². The number of hydrogen-bond donors (Lipinski definition) is 2. The summed E-state index contributed by atoms with van der Waals surface area (Å²) in [6.07, 6.45) is 3.42. The topological polar surface area (TPSA) is 106 Å². The van der Waals surface area contributed by atoms with Crippen molar-refractivity contribution < 1.29 is 10.0 Å². The molecule has 0 spiro atoms. The van der Waals surface area contributed by atoms with E-state index in [0.29, 0.717) is 24.5 Å². The number of hydrogen-bond acceptors (Lipinski definition) is 7.